The van der Waals surface area contributed by atoms with Crippen molar-refractivity contribution >= 4 is 27.4 Å². The van der Waals surface area contributed by atoms with E-state index in [-0.39, 0.29) is 22.3 Å². The number of rotatable bonds is 3. The third-order valence-corrected chi connectivity index (χ3v) is 3.87. The molecule has 7 nitrogen and oxygen atoms in total. The highest BCUT2D eigenvalue weighted by molar-refractivity contribution is 7.90. The lowest BCUT2D eigenvalue weighted by atomic mass is 10.3. The lowest BCUT2D eigenvalue weighted by molar-refractivity contribution is 0.478. The second-order valence-electron chi connectivity index (χ2n) is 4.16. The van der Waals surface area contributed by atoms with Gasteiger partial charge in [0.05, 0.1) is 10.6 Å². The topological polar surface area (TPSA) is 131 Å². The second-order valence-corrected chi connectivity index (χ2v) is 5.77. The van der Waals surface area contributed by atoms with Crippen LogP contribution in [0.2, 0.25) is 0 Å². The molecule has 0 aliphatic rings. The summed E-state index contributed by atoms with van der Waals surface area (Å²) < 4.78 is 27.5. The fourth-order valence-corrected chi connectivity index (χ4v) is 2.45. The Bertz CT molecular complexity index is 770. The van der Waals surface area contributed by atoms with Crippen LogP contribution in [-0.4, -0.2) is 19.5 Å². The van der Waals surface area contributed by atoms with Crippen molar-refractivity contribution in [1.29, 1.82) is 0 Å². The van der Waals surface area contributed by atoms with Gasteiger partial charge in [0.25, 0.3) is 10.0 Å². The number of para-hydroxylation sites is 2. The number of nitrogen functional groups attached to an aromatic ring is 1. The maximum atomic E-state index is 12.0. The summed E-state index contributed by atoms with van der Waals surface area (Å²) in [4.78, 5) is -0.0290. The van der Waals surface area contributed by atoms with Crippen molar-refractivity contribution in [2.45, 2.75) is 4.90 Å². The highest BCUT2D eigenvalue weighted by atomic mass is 32.2. The zero-order chi connectivity index (χ0) is 15.5. The lowest BCUT2D eigenvalue weighted by Crippen LogP contribution is -2.24. The Morgan fingerprint density at radius 2 is 1.71 bits per heavy atom. The van der Waals surface area contributed by atoms with E-state index in [2.05, 4.69) is 9.71 Å². The predicted molar refractivity (Wildman–Crippen MR) is 81.4 cm³/mol. The van der Waals surface area contributed by atoms with Crippen LogP contribution in [0.25, 0.3) is 0 Å². The molecule has 2 aromatic rings. The smallest absolute Gasteiger partial charge is 0.285 e. The minimum atomic E-state index is -3.95. The SMILES string of the molecule is N/C(=N\S(=O)(=O)c1ccc(N)cc1)Nc1ccccc1O. The normalized spacial score (nSPS) is 12.1. The van der Waals surface area contributed by atoms with Crippen LogP contribution < -0.4 is 16.8 Å². The van der Waals surface area contributed by atoms with E-state index in [0.29, 0.717) is 5.69 Å². The van der Waals surface area contributed by atoms with Gasteiger partial charge in [0.1, 0.15) is 5.75 Å². The average Bonchev–Trinajstić information content (AvgIpc) is 2.41. The van der Waals surface area contributed by atoms with Gasteiger partial charge in [-0.15, -0.1) is 4.40 Å². The first kappa shape index (κ1) is 14.7. The molecular formula is C13H14N4O3S. The molecule has 0 aliphatic carbocycles. The molecule has 6 N–H and O–H groups in total. The summed E-state index contributed by atoms with van der Waals surface area (Å²) in [5.41, 5.74) is 11.7. The Morgan fingerprint density at radius 3 is 2.33 bits per heavy atom. The molecule has 0 saturated carbocycles. The molecule has 2 aromatic carbocycles. The summed E-state index contributed by atoms with van der Waals surface area (Å²) >= 11 is 0. The Kier molecular flexibility index (Phi) is 3.99. The number of hydrogen-bond acceptors (Lipinski definition) is 4. The van der Waals surface area contributed by atoms with Crippen molar-refractivity contribution < 1.29 is 13.5 Å². The van der Waals surface area contributed by atoms with Gasteiger partial charge < -0.3 is 21.9 Å². The zero-order valence-corrected chi connectivity index (χ0v) is 11.7. The molecule has 0 atom stereocenters. The Labute approximate surface area is 122 Å². The van der Waals surface area contributed by atoms with E-state index in [1.807, 2.05) is 0 Å². The number of guanidine groups is 1. The maximum absolute atomic E-state index is 12.0. The molecular weight excluding hydrogens is 292 g/mol. The van der Waals surface area contributed by atoms with Gasteiger partial charge in [-0.05, 0) is 36.4 Å². The number of phenols is 1. The summed E-state index contributed by atoms with van der Waals surface area (Å²) in [5.74, 6) is -0.422. The van der Waals surface area contributed by atoms with Crippen molar-refractivity contribution in [1.82, 2.24) is 0 Å². The van der Waals surface area contributed by atoms with E-state index in [1.165, 1.54) is 36.4 Å². The van der Waals surface area contributed by atoms with Gasteiger partial charge in [0, 0.05) is 5.69 Å². The summed E-state index contributed by atoms with van der Waals surface area (Å²) in [6.45, 7) is 0. The van der Waals surface area contributed by atoms with E-state index in [9.17, 15) is 13.5 Å². The lowest BCUT2D eigenvalue weighted by Gasteiger charge is -2.07. The number of benzene rings is 2. The molecule has 21 heavy (non-hydrogen) atoms. The first-order valence-corrected chi connectivity index (χ1v) is 7.33. The van der Waals surface area contributed by atoms with Crippen LogP contribution in [0.4, 0.5) is 11.4 Å². The van der Waals surface area contributed by atoms with Gasteiger partial charge in [0.2, 0.25) is 5.96 Å². The Hall–Kier alpha value is -2.74. The molecule has 0 unspecified atom stereocenters. The third kappa shape index (κ3) is 3.63. The van der Waals surface area contributed by atoms with Crippen LogP contribution in [0.15, 0.2) is 57.8 Å². The molecule has 0 saturated heterocycles. The van der Waals surface area contributed by atoms with Crippen LogP contribution in [-0.2, 0) is 10.0 Å². The maximum Gasteiger partial charge on any atom is 0.285 e. The van der Waals surface area contributed by atoms with Crippen molar-refractivity contribution in [3.63, 3.8) is 0 Å². The Morgan fingerprint density at radius 1 is 1.10 bits per heavy atom. The number of sulfonamides is 1. The quantitative estimate of drug-likeness (QED) is 0.290. The molecule has 0 bridgehead atoms. The summed E-state index contributed by atoms with van der Waals surface area (Å²) in [5, 5.41) is 12.1. The van der Waals surface area contributed by atoms with Crippen LogP contribution in [0.1, 0.15) is 0 Å². The minimum absolute atomic E-state index is 0.0290. The van der Waals surface area contributed by atoms with Gasteiger partial charge in [-0.2, -0.15) is 8.42 Å². The van der Waals surface area contributed by atoms with E-state index in [4.69, 9.17) is 11.5 Å². The predicted octanol–water partition coefficient (Wildman–Crippen LogP) is 1.09. The third-order valence-electron chi connectivity index (χ3n) is 2.56. The van der Waals surface area contributed by atoms with Gasteiger partial charge in [-0.1, -0.05) is 12.1 Å². The standard InChI is InChI=1S/C13H14N4O3S/c14-9-5-7-10(8-6-9)21(19,20)17-13(15)16-11-3-1-2-4-12(11)18/h1-8,18H,14H2,(H3,15,16,17). The largest absolute Gasteiger partial charge is 0.506 e. The van der Waals surface area contributed by atoms with Crippen LogP contribution in [0.5, 0.6) is 5.75 Å². The van der Waals surface area contributed by atoms with Crippen LogP contribution >= 0.6 is 0 Å². The summed E-state index contributed by atoms with van der Waals surface area (Å²) in [6, 6.07) is 11.8. The molecule has 0 aromatic heterocycles. The number of nitrogens with two attached hydrogens (primary N) is 2. The number of nitrogens with zero attached hydrogens (tertiary/aromatic N) is 1. The van der Waals surface area contributed by atoms with Crippen molar-refractivity contribution in [2.24, 2.45) is 10.1 Å². The van der Waals surface area contributed by atoms with Crippen molar-refractivity contribution in [3.05, 3.63) is 48.5 Å². The molecule has 0 fully saturated rings. The number of hydrogen-bond donors (Lipinski definition) is 4. The van der Waals surface area contributed by atoms with Crippen molar-refractivity contribution in [2.75, 3.05) is 11.1 Å². The highest BCUT2D eigenvalue weighted by Crippen LogP contribution is 2.21. The van der Waals surface area contributed by atoms with E-state index in [1.54, 1.807) is 12.1 Å². The van der Waals surface area contributed by atoms with Gasteiger partial charge in [0.15, 0.2) is 0 Å². The second kappa shape index (κ2) is 5.71. The van der Waals surface area contributed by atoms with Crippen LogP contribution in [0.3, 0.4) is 0 Å². The van der Waals surface area contributed by atoms with E-state index >= 15 is 0 Å². The minimum Gasteiger partial charge on any atom is -0.506 e. The molecule has 0 amide bonds. The number of phenolic OH excluding ortho intramolecular Hbond substituents is 1. The van der Waals surface area contributed by atoms with Gasteiger partial charge in [-0.25, -0.2) is 0 Å². The van der Waals surface area contributed by atoms with Crippen molar-refractivity contribution in [3.8, 4) is 5.75 Å². The van der Waals surface area contributed by atoms with Gasteiger partial charge in [-0.3, -0.25) is 0 Å². The first-order valence-electron chi connectivity index (χ1n) is 5.89. The molecule has 0 radical (unpaired) electrons. The highest BCUT2D eigenvalue weighted by Gasteiger charge is 2.13. The molecule has 110 valence electrons. The molecule has 8 heteroatoms. The summed E-state index contributed by atoms with van der Waals surface area (Å²) in [6.07, 6.45) is 0. The van der Waals surface area contributed by atoms with Crippen LogP contribution in [0, 0.1) is 0 Å². The number of aromatic hydroxyl groups is 1. The number of anilines is 2. The molecule has 0 spiro atoms. The Balaban J connectivity index is 2.25. The molecule has 0 aliphatic heterocycles. The fourth-order valence-electron chi connectivity index (χ4n) is 1.56. The van der Waals surface area contributed by atoms with E-state index < -0.39 is 10.0 Å². The van der Waals surface area contributed by atoms with E-state index in [0.717, 1.165) is 0 Å². The molecule has 0 heterocycles. The monoisotopic (exact) mass is 306 g/mol. The average molecular weight is 306 g/mol. The van der Waals surface area contributed by atoms with Gasteiger partial charge >= 0.3 is 0 Å². The number of nitrogens with one attached hydrogen (secondary N) is 1. The summed E-state index contributed by atoms with van der Waals surface area (Å²) in [7, 11) is -3.95. The molecule has 2 rings (SSSR count). The zero-order valence-electron chi connectivity index (χ0n) is 10.9. The first-order chi connectivity index (χ1) is 9.88. The fraction of sp³-hybridized carbons (Fsp3) is 0.